The fourth-order valence-electron chi connectivity index (χ4n) is 1.52. The Morgan fingerprint density at radius 2 is 1.89 bits per heavy atom. The third-order valence-electron chi connectivity index (χ3n) is 2.49. The number of carbonyl (C=O) groups excluding carboxylic acids is 2. The monoisotopic (exact) mass is 256 g/mol. The Hall–Kier alpha value is -2.62. The molecule has 1 aromatic carbocycles. The molecule has 0 unspecified atom stereocenters. The van der Waals surface area contributed by atoms with E-state index in [4.69, 9.17) is 9.52 Å². The van der Waals surface area contributed by atoms with E-state index in [1.54, 1.807) is 24.3 Å². The van der Waals surface area contributed by atoms with Gasteiger partial charge in [-0.2, -0.15) is 0 Å². The van der Waals surface area contributed by atoms with Crippen LogP contribution in [-0.4, -0.2) is 16.7 Å². The van der Waals surface area contributed by atoms with E-state index in [-0.39, 0.29) is 29.5 Å². The van der Waals surface area contributed by atoms with E-state index in [9.17, 15) is 9.59 Å². The summed E-state index contributed by atoms with van der Waals surface area (Å²) in [5, 5.41) is 9.11. The summed E-state index contributed by atoms with van der Waals surface area (Å²) in [6.45, 7) is 0. The number of Topliss-reactive ketones (excluding diaryl/α,β-unsaturated/α-hetero) is 1. The van der Waals surface area contributed by atoms with Crippen molar-refractivity contribution in [1.29, 1.82) is 0 Å². The third-order valence-corrected chi connectivity index (χ3v) is 2.49. The van der Waals surface area contributed by atoms with Gasteiger partial charge < -0.3 is 9.52 Å². The zero-order chi connectivity index (χ0) is 13.7. The van der Waals surface area contributed by atoms with E-state index < -0.39 is 0 Å². The summed E-state index contributed by atoms with van der Waals surface area (Å²) >= 11 is 0. The van der Waals surface area contributed by atoms with Crippen LogP contribution in [0.5, 0.6) is 5.75 Å². The summed E-state index contributed by atoms with van der Waals surface area (Å²) in [6, 6.07) is 9.53. The number of carbonyl (C=O) groups is 2. The zero-order valence-corrected chi connectivity index (χ0v) is 10.1. The van der Waals surface area contributed by atoms with Gasteiger partial charge in [-0.25, -0.2) is 0 Å². The van der Waals surface area contributed by atoms with Gasteiger partial charge in [-0.1, -0.05) is 18.2 Å². The molecule has 1 aromatic heterocycles. The van der Waals surface area contributed by atoms with Crippen molar-refractivity contribution in [2.45, 2.75) is 6.42 Å². The molecule has 2 aromatic rings. The maximum atomic E-state index is 11.6. The average Bonchev–Trinajstić information content (AvgIpc) is 2.92. The minimum atomic E-state index is -0.342. The molecule has 0 bridgehead atoms. The lowest BCUT2D eigenvalue weighted by Gasteiger charge is -1.95. The number of allylic oxidation sites excluding steroid dienone is 1. The molecular weight excluding hydrogens is 244 g/mol. The number of hydrogen-bond acceptors (Lipinski definition) is 4. The molecule has 0 saturated carbocycles. The van der Waals surface area contributed by atoms with E-state index in [2.05, 4.69) is 0 Å². The Balaban J connectivity index is 1.94. The first-order valence-electron chi connectivity index (χ1n) is 5.72. The van der Waals surface area contributed by atoms with Crippen molar-refractivity contribution in [3.05, 3.63) is 60.1 Å². The van der Waals surface area contributed by atoms with Crippen molar-refractivity contribution in [1.82, 2.24) is 0 Å². The van der Waals surface area contributed by atoms with Gasteiger partial charge in [-0.05, 0) is 35.9 Å². The number of phenols is 1. The smallest absolute Gasteiger partial charge is 0.205 e. The molecule has 0 atom stereocenters. The van der Waals surface area contributed by atoms with Crippen LogP contribution in [0.25, 0.3) is 6.08 Å². The van der Waals surface area contributed by atoms with Gasteiger partial charge in [0.05, 0.1) is 12.7 Å². The SMILES string of the molecule is O=C(/C=C/c1ccc(O)cc1)CC(=O)c1ccco1. The van der Waals surface area contributed by atoms with Crippen molar-refractivity contribution in [3.8, 4) is 5.75 Å². The topological polar surface area (TPSA) is 67.5 Å². The van der Waals surface area contributed by atoms with Crippen LogP contribution in [0.2, 0.25) is 0 Å². The first-order valence-corrected chi connectivity index (χ1v) is 5.72. The van der Waals surface area contributed by atoms with Crippen molar-refractivity contribution in [2.75, 3.05) is 0 Å². The quantitative estimate of drug-likeness (QED) is 0.507. The third kappa shape index (κ3) is 3.67. The predicted octanol–water partition coefficient (Wildman–Crippen LogP) is 2.84. The molecule has 0 aliphatic heterocycles. The zero-order valence-electron chi connectivity index (χ0n) is 10.1. The van der Waals surface area contributed by atoms with Crippen molar-refractivity contribution in [3.63, 3.8) is 0 Å². The molecule has 0 fully saturated rings. The molecule has 1 N–H and O–H groups in total. The molecule has 19 heavy (non-hydrogen) atoms. The number of ketones is 2. The van der Waals surface area contributed by atoms with E-state index in [0.29, 0.717) is 0 Å². The van der Waals surface area contributed by atoms with Crippen LogP contribution in [0.1, 0.15) is 22.5 Å². The number of benzene rings is 1. The number of rotatable bonds is 5. The molecule has 0 aliphatic carbocycles. The largest absolute Gasteiger partial charge is 0.508 e. The number of aromatic hydroxyl groups is 1. The van der Waals surface area contributed by atoms with Gasteiger partial charge in [0.2, 0.25) is 5.78 Å². The maximum absolute atomic E-state index is 11.6. The average molecular weight is 256 g/mol. The van der Waals surface area contributed by atoms with E-state index in [0.717, 1.165) is 5.56 Å². The molecule has 96 valence electrons. The summed E-state index contributed by atoms with van der Waals surface area (Å²) in [5.41, 5.74) is 0.775. The molecule has 4 heteroatoms. The highest BCUT2D eigenvalue weighted by Crippen LogP contribution is 2.11. The second kappa shape index (κ2) is 5.82. The van der Waals surface area contributed by atoms with E-state index >= 15 is 0 Å². The van der Waals surface area contributed by atoms with Gasteiger partial charge in [0, 0.05) is 0 Å². The van der Waals surface area contributed by atoms with Gasteiger partial charge >= 0.3 is 0 Å². The second-order valence-electron chi connectivity index (χ2n) is 3.97. The molecule has 0 saturated heterocycles. The molecular formula is C15H12O4. The van der Waals surface area contributed by atoms with Crippen LogP contribution >= 0.6 is 0 Å². The van der Waals surface area contributed by atoms with Crippen molar-refractivity contribution < 1.29 is 19.1 Å². The highest BCUT2D eigenvalue weighted by molar-refractivity contribution is 6.11. The Labute approximate surface area is 110 Å². The second-order valence-corrected chi connectivity index (χ2v) is 3.97. The molecule has 0 amide bonds. The van der Waals surface area contributed by atoms with Gasteiger partial charge in [0.25, 0.3) is 0 Å². The molecule has 0 spiro atoms. The molecule has 0 radical (unpaired) electrons. The predicted molar refractivity (Wildman–Crippen MR) is 69.8 cm³/mol. The maximum Gasteiger partial charge on any atom is 0.205 e. The van der Waals surface area contributed by atoms with Crippen LogP contribution < -0.4 is 0 Å². The Bertz CT molecular complexity index is 592. The molecule has 2 rings (SSSR count). The van der Waals surface area contributed by atoms with E-state index in [1.165, 1.54) is 30.5 Å². The lowest BCUT2D eigenvalue weighted by atomic mass is 10.1. The standard InChI is InChI=1S/C15H12O4/c16-12-6-3-11(4-7-12)5-8-13(17)10-14(18)15-2-1-9-19-15/h1-9,16H,10H2/b8-5+. The van der Waals surface area contributed by atoms with Crippen molar-refractivity contribution >= 4 is 17.6 Å². The van der Waals surface area contributed by atoms with E-state index in [1.807, 2.05) is 0 Å². The van der Waals surface area contributed by atoms with Crippen LogP contribution in [0, 0.1) is 0 Å². The Morgan fingerprint density at radius 1 is 1.16 bits per heavy atom. The summed E-state index contributed by atoms with van der Waals surface area (Å²) in [5.74, 6) is -0.289. The van der Waals surface area contributed by atoms with Gasteiger partial charge in [0.15, 0.2) is 11.5 Å². The van der Waals surface area contributed by atoms with Crippen molar-refractivity contribution in [2.24, 2.45) is 0 Å². The Morgan fingerprint density at radius 3 is 2.53 bits per heavy atom. The highest BCUT2D eigenvalue weighted by atomic mass is 16.3. The molecule has 4 nitrogen and oxygen atoms in total. The van der Waals surface area contributed by atoms with Crippen LogP contribution in [-0.2, 0) is 4.79 Å². The molecule has 1 heterocycles. The summed E-state index contributed by atoms with van der Waals surface area (Å²) < 4.78 is 4.92. The fourth-order valence-corrected chi connectivity index (χ4v) is 1.52. The Kier molecular flexibility index (Phi) is 3.93. The number of furan rings is 1. The van der Waals surface area contributed by atoms with Crippen LogP contribution in [0.3, 0.4) is 0 Å². The van der Waals surface area contributed by atoms with Crippen LogP contribution in [0.4, 0.5) is 0 Å². The van der Waals surface area contributed by atoms with Gasteiger partial charge in [-0.15, -0.1) is 0 Å². The minimum Gasteiger partial charge on any atom is -0.508 e. The first-order chi connectivity index (χ1) is 9.15. The van der Waals surface area contributed by atoms with Gasteiger partial charge in [0.1, 0.15) is 5.75 Å². The summed E-state index contributed by atoms with van der Waals surface area (Å²) in [7, 11) is 0. The molecule has 0 aliphatic rings. The number of hydrogen-bond donors (Lipinski definition) is 1. The van der Waals surface area contributed by atoms with Gasteiger partial charge in [-0.3, -0.25) is 9.59 Å². The lowest BCUT2D eigenvalue weighted by molar-refractivity contribution is -0.113. The minimum absolute atomic E-state index is 0.163. The summed E-state index contributed by atoms with van der Waals surface area (Å²) in [4.78, 5) is 23.2. The number of phenolic OH excluding ortho intramolecular Hbond substituents is 1. The normalized spacial score (nSPS) is 10.7. The first kappa shape index (κ1) is 12.8. The highest BCUT2D eigenvalue weighted by Gasteiger charge is 2.11. The summed E-state index contributed by atoms with van der Waals surface area (Å²) in [6.07, 6.45) is 4.11. The fraction of sp³-hybridized carbons (Fsp3) is 0.0667. The lowest BCUT2D eigenvalue weighted by Crippen LogP contribution is -2.04. The van der Waals surface area contributed by atoms with Crippen LogP contribution in [0.15, 0.2) is 53.2 Å².